The number of hydrogen-bond acceptors (Lipinski definition) is 8. The number of aromatic nitrogens is 4. The second-order valence-corrected chi connectivity index (χ2v) is 7.48. The van der Waals surface area contributed by atoms with Gasteiger partial charge in [0, 0.05) is 11.8 Å². The van der Waals surface area contributed by atoms with E-state index in [1.807, 2.05) is 0 Å². The van der Waals surface area contributed by atoms with E-state index >= 15 is 0 Å². The first-order chi connectivity index (χ1) is 16.3. The van der Waals surface area contributed by atoms with Gasteiger partial charge >= 0.3 is 0 Å². The molecule has 2 aromatic carbocycles. The minimum atomic E-state index is -0.599. The number of nitrogens with one attached hydrogen (secondary N) is 1. The van der Waals surface area contributed by atoms with Crippen molar-refractivity contribution in [3.8, 4) is 23.0 Å². The summed E-state index contributed by atoms with van der Waals surface area (Å²) in [5.41, 5.74) is 8.27. The van der Waals surface area contributed by atoms with Crippen molar-refractivity contribution >= 4 is 17.4 Å². The van der Waals surface area contributed by atoms with Gasteiger partial charge in [-0.05, 0) is 43.7 Å². The van der Waals surface area contributed by atoms with E-state index in [0.29, 0.717) is 45.7 Å². The number of carbonyl (C=O) groups is 1. The first-order valence-corrected chi connectivity index (χ1v) is 10.3. The molecule has 0 bridgehead atoms. The predicted octanol–water partition coefficient (Wildman–Crippen LogP) is 3.59. The van der Waals surface area contributed by atoms with Gasteiger partial charge in [0.15, 0.2) is 11.5 Å². The quantitative estimate of drug-likeness (QED) is 0.423. The third-order valence-corrected chi connectivity index (χ3v) is 5.27. The van der Waals surface area contributed by atoms with E-state index in [9.17, 15) is 9.18 Å². The van der Waals surface area contributed by atoms with Gasteiger partial charge in [-0.3, -0.25) is 4.79 Å². The van der Waals surface area contributed by atoms with Gasteiger partial charge in [-0.2, -0.15) is 0 Å². The molecule has 0 aliphatic rings. The zero-order valence-corrected chi connectivity index (χ0v) is 19.0. The first-order valence-electron chi connectivity index (χ1n) is 10.3. The standard InChI is InChI=1S/C23H23FN6O4/c1-12-5-6-14(24)9-17(12)26-22(31)20-21(25)30(29-28-20)11-18-13(2)34-23(27-18)16-8-7-15(32-3)10-19(16)33-4/h5-10H,11,25H2,1-4H3,(H,26,31). The number of amides is 1. The Hall–Kier alpha value is -4.41. The number of ether oxygens (including phenoxy) is 2. The Balaban J connectivity index is 1.56. The Morgan fingerprint density at radius 3 is 2.71 bits per heavy atom. The summed E-state index contributed by atoms with van der Waals surface area (Å²) in [5.74, 6) is 1.05. The van der Waals surface area contributed by atoms with Crippen LogP contribution in [0.5, 0.6) is 11.5 Å². The summed E-state index contributed by atoms with van der Waals surface area (Å²) in [6, 6.07) is 9.39. The Labute approximate surface area is 194 Å². The molecule has 2 heterocycles. The number of halogens is 1. The van der Waals surface area contributed by atoms with Crippen LogP contribution in [0.2, 0.25) is 0 Å². The molecule has 0 saturated heterocycles. The van der Waals surface area contributed by atoms with Gasteiger partial charge in [0.1, 0.15) is 28.8 Å². The van der Waals surface area contributed by atoms with Gasteiger partial charge in [-0.1, -0.05) is 11.3 Å². The average molecular weight is 466 g/mol. The van der Waals surface area contributed by atoms with Crippen LogP contribution in [0.15, 0.2) is 40.8 Å². The smallest absolute Gasteiger partial charge is 0.280 e. The van der Waals surface area contributed by atoms with E-state index in [1.165, 1.54) is 16.8 Å². The van der Waals surface area contributed by atoms with Crippen molar-refractivity contribution in [2.24, 2.45) is 0 Å². The van der Waals surface area contributed by atoms with Crippen LogP contribution in [0, 0.1) is 19.7 Å². The molecule has 3 N–H and O–H groups in total. The molecule has 34 heavy (non-hydrogen) atoms. The van der Waals surface area contributed by atoms with E-state index in [4.69, 9.17) is 19.6 Å². The number of aryl methyl sites for hydroxylation is 2. The Bertz CT molecular complexity index is 1360. The lowest BCUT2D eigenvalue weighted by molar-refractivity contribution is 0.102. The maximum absolute atomic E-state index is 13.5. The van der Waals surface area contributed by atoms with E-state index in [1.54, 1.807) is 52.3 Å². The van der Waals surface area contributed by atoms with E-state index in [0.717, 1.165) is 0 Å². The zero-order chi connectivity index (χ0) is 24.4. The fourth-order valence-electron chi connectivity index (χ4n) is 3.32. The molecule has 0 radical (unpaired) electrons. The molecular weight excluding hydrogens is 443 g/mol. The number of nitrogens with zero attached hydrogens (tertiary/aromatic N) is 4. The largest absolute Gasteiger partial charge is 0.497 e. The molecule has 10 nitrogen and oxygen atoms in total. The van der Waals surface area contributed by atoms with Crippen molar-refractivity contribution in [1.29, 1.82) is 0 Å². The van der Waals surface area contributed by atoms with Gasteiger partial charge in [0.2, 0.25) is 5.89 Å². The highest BCUT2D eigenvalue weighted by molar-refractivity contribution is 6.06. The van der Waals surface area contributed by atoms with E-state index < -0.39 is 11.7 Å². The number of nitrogen functional groups attached to an aromatic ring is 1. The highest BCUT2D eigenvalue weighted by atomic mass is 19.1. The molecule has 0 aliphatic heterocycles. The maximum Gasteiger partial charge on any atom is 0.280 e. The highest BCUT2D eigenvalue weighted by Crippen LogP contribution is 2.34. The van der Waals surface area contributed by atoms with E-state index in [-0.39, 0.29) is 18.1 Å². The van der Waals surface area contributed by atoms with Crippen LogP contribution in [0.4, 0.5) is 15.9 Å². The first kappa shape index (κ1) is 22.8. The van der Waals surface area contributed by atoms with Crippen molar-refractivity contribution < 1.29 is 23.1 Å². The summed E-state index contributed by atoms with van der Waals surface area (Å²) >= 11 is 0. The predicted molar refractivity (Wildman–Crippen MR) is 122 cm³/mol. The van der Waals surface area contributed by atoms with Crippen molar-refractivity contribution in [2.75, 3.05) is 25.3 Å². The van der Waals surface area contributed by atoms with Gasteiger partial charge in [-0.15, -0.1) is 5.10 Å². The molecule has 0 atom stereocenters. The molecule has 0 aliphatic carbocycles. The second kappa shape index (κ2) is 9.22. The molecule has 1 amide bonds. The monoisotopic (exact) mass is 466 g/mol. The number of methoxy groups -OCH3 is 2. The van der Waals surface area contributed by atoms with Crippen LogP contribution in [-0.4, -0.2) is 40.1 Å². The third-order valence-electron chi connectivity index (χ3n) is 5.27. The highest BCUT2D eigenvalue weighted by Gasteiger charge is 2.21. The van der Waals surface area contributed by atoms with E-state index in [2.05, 4.69) is 20.6 Å². The Kier molecular flexibility index (Phi) is 6.17. The molecule has 176 valence electrons. The molecule has 2 aromatic heterocycles. The lowest BCUT2D eigenvalue weighted by Crippen LogP contribution is -2.16. The zero-order valence-electron chi connectivity index (χ0n) is 19.0. The summed E-state index contributed by atoms with van der Waals surface area (Å²) in [4.78, 5) is 17.2. The Morgan fingerprint density at radius 1 is 1.18 bits per heavy atom. The van der Waals surface area contributed by atoms with Gasteiger partial charge in [0.05, 0.1) is 26.3 Å². The lowest BCUT2D eigenvalue weighted by atomic mass is 10.2. The minimum Gasteiger partial charge on any atom is -0.497 e. The molecule has 0 unspecified atom stereocenters. The van der Waals surface area contributed by atoms with Crippen LogP contribution in [0.25, 0.3) is 11.5 Å². The van der Waals surface area contributed by atoms with Crippen molar-refractivity contribution in [3.63, 3.8) is 0 Å². The number of hydrogen-bond donors (Lipinski definition) is 2. The van der Waals surface area contributed by atoms with Gasteiger partial charge < -0.3 is 24.9 Å². The van der Waals surface area contributed by atoms with Crippen LogP contribution in [0.1, 0.15) is 27.5 Å². The number of carbonyl (C=O) groups excluding carboxylic acids is 1. The lowest BCUT2D eigenvalue weighted by Gasteiger charge is -2.07. The van der Waals surface area contributed by atoms with Gasteiger partial charge in [0.25, 0.3) is 5.91 Å². The summed E-state index contributed by atoms with van der Waals surface area (Å²) in [5, 5.41) is 10.5. The Morgan fingerprint density at radius 2 is 1.97 bits per heavy atom. The van der Waals surface area contributed by atoms with Crippen LogP contribution in [-0.2, 0) is 6.54 Å². The molecule has 4 rings (SSSR count). The summed E-state index contributed by atoms with van der Waals surface area (Å²) in [6.45, 7) is 3.63. The van der Waals surface area contributed by atoms with Crippen LogP contribution < -0.4 is 20.5 Å². The second-order valence-electron chi connectivity index (χ2n) is 7.48. The number of rotatable bonds is 7. The molecule has 0 saturated carbocycles. The number of nitrogens with two attached hydrogens (primary N) is 1. The number of anilines is 2. The van der Waals surface area contributed by atoms with Crippen molar-refractivity contribution in [3.05, 3.63) is 64.9 Å². The van der Waals surface area contributed by atoms with Crippen molar-refractivity contribution in [2.45, 2.75) is 20.4 Å². The molecule has 0 spiro atoms. The van der Waals surface area contributed by atoms with Gasteiger partial charge in [-0.25, -0.2) is 14.1 Å². The number of oxazole rings is 1. The fourth-order valence-corrected chi connectivity index (χ4v) is 3.32. The third kappa shape index (κ3) is 4.40. The molecule has 0 fully saturated rings. The fraction of sp³-hybridized carbons (Fsp3) is 0.217. The molecule has 11 heteroatoms. The topological polar surface area (TPSA) is 130 Å². The minimum absolute atomic E-state index is 0.0394. The van der Waals surface area contributed by atoms with Crippen LogP contribution in [0.3, 0.4) is 0 Å². The van der Waals surface area contributed by atoms with Crippen LogP contribution >= 0.6 is 0 Å². The average Bonchev–Trinajstić information content (AvgIpc) is 3.38. The summed E-state index contributed by atoms with van der Waals surface area (Å²) < 4.78 is 31.4. The van der Waals surface area contributed by atoms with Crippen molar-refractivity contribution in [1.82, 2.24) is 20.0 Å². The number of benzene rings is 2. The summed E-state index contributed by atoms with van der Waals surface area (Å²) in [6.07, 6.45) is 0. The normalized spacial score (nSPS) is 10.9. The summed E-state index contributed by atoms with van der Waals surface area (Å²) in [7, 11) is 3.11. The SMILES string of the molecule is COc1ccc(-c2nc(Cn3nnc(C(=O)Nc4cc(F)ccc4C)c3N)c(C)o2)c(OC)c1. The molecule has 4 aromatic rings. The maximum atomic E-state index is 13.5. The molecular formula is C23H23FN6O4.